The van der Waals surface area contributed by atoms with Gasteiger partial charge in [-0.05, 0) is 47.9 Å². The molecule has 0 aliphatic rings. The first-order chi connectivity index (χ1) is 8.50. The highest BCUT2D eigenvalue weighted by Crippen LogP contribution is 2.39. The van der Waals surface area contributed by atoms with Crippen LogP contribution in [0.1, 0.15) is 21.5 Å². The van der Waals surface area contributed by atoms with Crippen LogP contribution in [-0.2, 0) is 0 Å². The van der Waals surface area contributed by atoms with Crippen molar-refractivity contribution in [3.8, 4) is 0 Å². The number of hydrogen-bond acceptors (Lipinski definition) is 0. The molecule has 2 aromatic rings. The maximum Gasteiger partial charge on any atom is 0.0662 e. The van der Waals surface area contributed by atoms with E-state index in [9.17, 15) is 0 Å². The van der Waals surface area contributed by atoms with E-state index in [2.05, 4.69) is 15.9 Å². The molecule has 0 saturated carbocycles. The van der Waals surface area contributed by atoms with Crippen molar-refractivity contribution in [2.24, 2.45) is 0 Å². The van der Waals surface area contributed by atoms with E-state index in [0.717, 1.165) is 21.7 Å². The molecule has 0 aliphatic carbocycles. The highest BCUT2D eigenvalue weighted by molar-refractivity contribution is 9.09. The highest BCUT2D eigenvalue weighted by Gasteiger charge is 2.17. The summed E-state index contributed by atoms with van der Waals surface area (Å²) in [4.78, 5) is -0.0256. The fourth-order valence-corrected chi connectivity index (χ4v) is 3.37. The van der Waals surface area contributed by atoms with E-state index < -0.39 is 0 Å². The van der Waals surface area contributed by atoms with Crippen LogP contribution in [0.4, 0.5) is 0 Å². The molecule has 0 nitrogen and oxygen atoms in total. The molecule has 0 saturated heterocycles. The van der Waals surface area contributed by atoms with Gasteiger partial charge in [0, 0.05) is 15.1 Å². The summed E-state index contributed by atoms with van der Waals surface area (Å²) in [6.45, 7) is 1.99. The van der Waals surface area contributed by atoms with E-state index in [0.29, 0.717) is 10.0 Å². The Morgan fingerprint density at radius 1 is 0.944 bits per heavy atom. The minimum Gasteiger partial charge on any atom is -0.0843 e. The summed E-state index contributed by atoms with van der Waals surface area (Å²) in [5.41, 5.74) is 3.07. The second kappa shape index (κ2) is 5.83. The summed E-state index contributed by atoms with van der Waals surface area (Å²) in [6, 6.07) is 11.3. The van der Waals surface area contributed by atoms with Crippen LogP contribution in [0.3, 0.4) is 0 Å². The van der Waals surface area contributed by atoms with Crippen molar-refractivity contribution in [3.63, 3.8) is 0 Å². The molecule has 0 radical (unpaired) electrons. The third-order valence-corrected chi connectivity index (χ3v) is 4.79. The maximum atomic E-state index is 6.21. The molecule has 0 N–H and O–H groups in total. The Hall–Kier alpha value is -0.210. The molecule has 0 spiro atoms. The van der Waals surface area contributed by atoms with Gasteiger partial charge in [-0.3, -0.25) is 0 Å². The lowest BCUT2D eigenvalue weighted by atomic mass is 10.0. The quantitative estimate of drug-likeness (QED) is 0.538. The number of halogens is 4. The molecule has 2 aromatic carbocycles. The van der Waals surface area contributed by atoms with Gasteiger partial charge in [0.1, 0.15) is 0 Å². The standard InChI is InChI=1S/C14H10BrCl3/c1-8-10(3-2-4-12(8)17)14(15)11-7-9(16)5-6-13(11)18/h2-7,14H,1H3. The van der Waals surface area contributed by atoms with Gasteiger partial charge in [0.05, 0.1) is 4.83 Å². The Balaban J connectivity index is 2.51. The first-order valence-electron chi connectivity index (χ1n) is 5.34. The predicted molar refractivity (Wildman–Crippen MR) is 83.4 cm³/mol. The van der Waals surface area contributed by atoms with Crippen molar-refractivity contribution in [1.82, 2.24) is 0 Å². The zero-order chi connectivity index (χ0) is 13.3. The van der Waals surface area contributed by atoms with E-state index in [1.807, 2.05) is 31.2 Å². The summed E-state index contributed by atoms with van der Waals surface area (Å²) < 4.78 is 0. The summed E-state index contributed by atoms with van der Waals surface area (Å²) in [7, 11) is 0. The molecule has 4 heteroatoms. The summed E-state index contributed by atoms with van der Waals surface area (Å²) in [6.07, 6.45) is 0. The van der Waals surface area contributed by atoms with Crippen LogP contribution >= 0.6 is 50.7 Å². The maximum absolute atomic E-state index is 6.21. The van der Waals surface area contributed by atoms with Crippen LogP contribution in [0.15, 0.2) is 36.4 Å². The Morgan fingerprint density at radius 3 is 2.39 bits per heavy atom. The third-order valence-electron chi connectivity index (χ3n) is 2.81. The average Bonchev–Trinajstić information content (AvgIpc) is 2.35. The molecule has 0 aliphatic heterocycles. The first kappa shape index (κ1) is 14.2. The van der Waals surface area contributed by atoms with Gasteiger partial charge in [-0.2, -0.15) is 0 Å². The van der Waals surface area contributed by atoms with E-state index in [1.54, 1.807) is 12.1 Å². The molecule has 18 heavy (non-hydrogen) atoms. The fraction of sp³-hybridized carbons (Fsp3) is 0.143. The molecular weight excluding hydrogens is 354 g/mol. The Kier molecular flexibility index (Phi) is 4.60. The van der Waals surface area contributed by atoms with Crippen molar-refractivity contribution < 1.29 is 0 Å². The summed E-state index contributed by atoms with van der Waals surface area (Å²) >= 11 is 22.0. The normalized spacial score (nSPS) is 12.5. The van der Waals surface area contributed by atoms with Crippen LogP contribution in [0, 0.1) is 6.92 Å². The smallest absolute Gasteiger partial charge is 0.0662 e. The topological polar surface area (TPSA) is 0 Å². The molecule has 94 valence electrons. The SMILES string of the molecule is Cc1c(Cl)cccc1C(Br)c1cc(Cl)ccc1Cl. The molecule has 1 atom stereocenters. The zero-order valence-electron chi connectivity index (χ0n) is 9.55. The van der Waals surface area contributed by atoms with E-state index in [1.165, 1.54) is 0 Å². The van der Waals surface area contributed by atoms with Gasteiger partial charge in [-0.1, -0.05) is 62.9 Å². The molecule has 0 aromatic heterocycles. The number of hydrogen-bond donors (Lipinski definition) is 0. The van der Waals surface area contributed by atoms with Gasteiger partial charge >= 0.3 is 0 Å². The average molecular weight is 364 g/mol. The van der Waals surface area contributed by atoms with Crippen LogP contribution in [0.25, 0.3) is 0 Å². The molecular formula is C14H10BrCl3. The van der Waals surface area contributed by atoms with Crippen LogP contribution in [-0.4, -0.2) is 0 Å². The third kappa shape index (κ3) is 2.85. The zero-order valence-corrected chi connectivity index (χ0v) is 13.4. The second-order valence-electron chi connectivity index (χ2n) is 3.98. The van der Waals surface area contributed by atoms with Crippen LogP contribution in [0.5, 0.6) is 0 Å². The van der Waals surface area contributed by atoms with Crippen LogP contribution in [0.2, 0.25) is 15.1 Å². The number of alkyl halides is 1. The molecule has 0 bridgehead atoms. The Morgan fingerprint density at radius 2 is 1.67 bits per heavy atom. The van der Waals surface area contributed by atoms with Crippen molar-refractivity contribution >= 4 is 50.7 Å². The predicted octanol–water partition coefficient (Wildman–Crippen LogP) is 6.44. The lowest BCUT2D eigenvalue weighted by Crippen LogP contribution is -1.97. The number of rotatable bonds is 2. The van der Waals surface area contributed by atoms with Crippen molar-refractivity contribution in [2.75, 3.05) is 0 Å². The van der Waals surface area contributed by atoms with Gasteiger partial charge in [0.25, 0.3) is 0 Å². The summed E-state index contributed by atoms with van der Waals surface area (Å²) in [5.74, 6) is 0. The first-order valence-corrected chi connectivity index (χ1v) is 7.39. The summed E-state index contributed by atoms with van der Waals surface area (Å²) in [5, 5.41) is 2.09. The van der Waals surface area contributed by atoms with Gasteiger partial charge in [-0.25, -0.2) is 0 Å². The Bertz CT molecular complexity index is 579. The van der Waals surface area contributed by atoms with Crippen LogP contribution < -0.4 is 0 Å². The fourth-order valence-electron chi connectivity index (χ4n) is 1.78. The largest absolute Gasteiger partial charge is 0.0843 e. The highest BCUT2D eigenvalue weighted by atomic mass is 79.9. The van der Waals surface area contributed by atoms with Gasteiger partial charge < -0.3 is 0 Å². The lowest BCUT2D eigenvalue weighted by Gasteiger charge is -2.16. The van der Waals surface area contributed by atoms with Crippen molar-refractivity contribution in [1.29, 1.82) is 0 Å². The number of benzene rings is 2. The van der Waals surface area contributed by atoms with Gasteiger partial charge in [0.2, 0.25) is 0 Å². The van der Waals surface area contributed by atoms with Crippen molar-refractivity contribution in [3.05, 3.63) is 68.2 Å². The van der Waals surface area contributed by atoms with Gasteiger partial charge in [0.15, 0.2) is 0 Å². The molecule has 0 amide bonds. The molecule has 0 heterocycles. The van der Waals surface area contributed by atoms with E-state index in [4.69, 9.17) is 34.8 Å². The lowest BCUT2D eigenvalue weighted by molar-refractivity contribution is 1.14. The minimum atomic E-state index is -0.0256. The molecule has 1 unspecified atom stereocenters. The molecule has 0 fully saturated rings. The van der Waals surface area contributed by atoms with E-state index in [-0.39, 0.29) is 4.83 Å². The monoisotopic (exact) mass is 362 g/mol. The minimum absolute atomic E-state index is 0.0256. The van der Waals surface area contributed by atoms with E-state index >= 15 is 0 Å². The van der Waals surface area contributed by atoms with Gasteiger partial charge in [-0.15, -0.1) is 0 Å². The second-order valence-corrected chi connectivity index (χ2v) is 6.15. The Labute approximate surface area is 130 Å². The molecule has 2 rings (SSSR count). The van der Waals surface area contributed by atoms with Crippen molar-refractivity contribution in [2.45, 2.75) is 11.8 Å².